The maximum absolute atomic E-state index is 12.1. The highest BCUT2D eigenvalue weighted by Gasteiger charge is 2.17. The van der Waals surface area contributed by atoms with E-state index in [1.54, 1.807) is 55.6 Å². The Morgan fingerprint density at radius 3 is 2.38 bits per heavy atom. The number of nitrogens with one attached hydrogen (secondary N) is 1. The molecule has 0 aliphatic heterocycles. The van der Waals surface area contributed by atoms with Crippen molar-refractivity contribution >= 4 is 38.9 Å². The third kappa shape index (κ3) is 5.64. The fourth-order valence-corrected chi connectivity index (χ4v) is 3.54. The van der Waals surface area contributed by atoms with E-state index in [2.05, 4.69) is 5.32 Å². The largest absolute Gasteiger partial charge is 0.497 e. The Hall–Kier alpha value is -2.25. The van der Waals surface area contributed by atoms with Crippen molar-refractivity contribution in [2.24, 2.45) is 0 Å². The third-order valence-corrected chi connectivity index (χ3v) is 5.20. The first-order valence-electron chi connectivity index (χ1n) is 7.97. The average Bonchev–Trinajstić information content (AvgIpc) is 2.60. The van der Waals surface area contributed by atoms with Crippen LogP contribution >= 0.6 is 11.6 Å². The predicted molar refractivity (Wildman–Crippen MR) is 104 cm³/mol. The Bertz CT molecular complexity index is 854. The minimum Gasteiger partial charge on any atom is -0.497 e. The van der Waals surface area contributed by atoms with Crippen LogP contribution in [0.4, 0.5) is 11.4 Å². The van der Waals surface area contributed by atoms with Gasteiger partial charge in [-0.1, -0.05) is 23.7 Å². The number of methoxy groups -OCH3 is 1. The van der Waals surface area contributed by atoms with Crippen molar-refractivity contribution in [3.05, 3.63) is 53.6 Å². The number of para-hydroxylation sites is 1. The molecule has 0 bridgehead atoms. The van der Waals surface area contributed by atoms with Crippen LogP contribution < -0.4 is 14.4 Å². The summed E-state index contributed by atoms with van der Waals surface area (Å²) < 4.78 is 30.5. The van der Waals surface area contributed by atoms with Crippen LogP contribution in [0.15, 0.2) is 48.5 Å². The quantitative estimate of drug-likeness (QED) is 0.740. The van der Waals surface area contributed by atoms with Gasteiger partial charge in [-0.15, -0.1) is 0 Å². The molecule has 0 radical (unpaired) electrons. The summed E-state index contributed by atoms with van der Waals surface area (Å²) in [6.07, 6.45) is 1.68. The van der Waals surface area contributed by atoms with Gasteiger partial charge < -0.3 is 10.1 Å². The summed E-state index contributed by atoms with van der Waals surface area (Å²) in [7, 11) is -1.92. The van der Waals surface area contributed by atoms with Crippen molar-refractivity contribution in [2.45, 2.75) is 12.8 Å². The van der Waals surface area contributed by atoms with E-state index in [0.717, 1.165) is 6.26 Å². The molecule has 1 amide bonds. The molecule has 0 saturated carbocycles. The van der Waals surface area contributed by atoms with Gasteiger partial charge in [0.25, 0.3) is 0 Å². The Kier molecular flexibility index (Phi) is 6.88. The number of anilines is 2. The average molecular weight is 397 g/mol. The monoisotopic (exact) mass is 396 g/mol. The van der Waals surface area contributed by atoms with E-state index in [0.29, 0.717) is 28.6 Å². The number of benzene rings is 2. The van der Waals surface area contributed by atoms with E-state index in [-0.39, 0.29) is 18.9 Å². The van der Waals surface area contributed by atoms with Gasteiger partial charge in [0.2, 0.25) is 15.9 Å². The molecule has 0 aliphatic rings. The van der Waals surface area contributed by atoms with Crippen LogP contribution in [0.1, 0.15) is 12.8 Å². The van der Waals surface area contributed by atoms with Crippen molar-refractivity contribution in [1.82, 2.24) is 0 Å². The SMILES string of the molecule is COc1ccc(N(CCCC(=O)Nc2ccccc2Cl)S(C)(=O)=O)cc1. The highest BCUT2D eigenvalue weighted by atomic mass is 35.5. The van der Waals surface area contributed by atoms with Gasteiger partial charge in [-0.25, -0.2) is 8.42 Å². The van der Waals surface area contributed by atoms with Gasteiger partial charge in [0.05, 0.1) is 29.8 Å². The topological polar surface area (TPSA) is 75.7 Å². The van der Waals surface area contributed by atoms with Gasteiger partial charge in [-0.3, -0.25) is 9.10 Å². The van der Waals surface area contributed by atoms with Gasteiger partial charge in [0.15, 0.2) is 0 Å². The molecule has 0 atom stereocenters. The van der Waals surface area contributed by atoms with E-state index < -0.39 is 10.0 Å². The van der Waals surface area contributed by atoms with Crippen LogP contribution in [-0.2, 0) is 14.8 Å². The number of hydrogen-bond acceptors (Lipinski definition) is 4. The lowest BCUT2D eigenvalue weighted by Crippen LogP contribution is -2.31. The van der Waals surface area contributed by atoms with Crippen molar-refractivity contribution in [3.63, 3.8) is 0 Å². The molecule has 0 unspecified atom stereocenters. The summed E-state index contributed by atoms with van der Waals surface area (Å²) in [6.45, 7) is 0.196. The van der Waals surface area contributed by atoms with E-state index in [1.807, 2.05) is 0 Å². The van der Waals surface area contributed by atoms with Crippen LogP contribution in [0.2, 0.25) is 5.02 Å². The number of halogens is 1. The van der Waals surface area contributed by atoms with Gasteiger partial charge in [-0.05, 0) is 42.8 Å². The summed E-state index contributed by atoms with van der Waals surface area (Å²) >= 11 is 6.00. The Morgan fingerprint density at radius 1 is 1.15 bits per heavy atom. The van der Waals surface area contributed by atoms with Gasteiger partial charge in [-0.2, -0.15) is 0 Å². The molecule has 0 heterocycles. The standard InChI is InChI=1S/C18H21ClN2O4S/c1-25-15-11-9-14(10-12-15)21(26(2,23)24)13-5-8-18(22)20-17-7-4-3-6-16(17)19/h3-4,6-7,9-12H,5,8,13H2,1-2H3,(H,20,22). The van der Waals surface area contributed by atoms with E-state index in [4.69, 9.17) is 16.3 Å². The van der Waals surface area contributed by atoms with Crippen LogP contribution in [0.25, 0.3) is 0 Å². The number of nitrogens with zero attached hydrogens (tertiary/aromatic N) is 1. The number of rotatable bonds is 8. The molecule has 0 aliphatic carbocycles. The first-order chi connectivity index (χ1) is 12.3. The van der Waals surface area contributed by atoms with Gasteiger partial charge >= 0.3 is 0 Å². The molecule has 140 valence electrons. The van der Waals surface area contributed by atoms with Gasteiger partial charge in [0, 0.05) is 13.0 Å². The molecule has 2 aromatic rings. The third-order valence-electron chi connectivity index (χ3n) is 3.67. The number of carbonyl (C=O) groups is 1. The van der Waals surface area contributed by atoms with E-state index >= 15 is 0 Å². The first kappa shape index (κ1) is 20.1. The number of ether oxygens (including phenoxy) is 1. The maximum Gasteiger partial charge on any atom is 0.232 e. The highest BCUT2D eigenvalue weighted by molar-refractivity contribution is 7.92. The molecule has 0 fully saturated rings. The second-order valence-corrected chi connectivity index (χ2v) is 7.98. The zero-order chi connectivity index (χ0) is 19.2. The normalized spacial score (nSPS) is 11.0. The second-order valence-electron chi connectivity index (χ2n) is 5.66. The smallest absolute Gasteiger partial charge is 0.232 e. The molecule has 8 heteroatoms. The molecule has 0 saturated heterocycles. The fourth-order valence-electron chi connectivity index (χ4n) is 2.39. The second kappa shape index (κ2) is 8.91. The maximum atomic E-state index is 12.1. The molecular weight excluding hydrogens is 376 g/mol. The van der Waals surface area contributed by atoms with Crippen LogP contribution in [0.5, 0.6) is 5.75 Å². The molecule has 0 spiro atoms. The molecule has 2 aromatic carbocycles. The molecule has 26 heavy (non-hydrogen) atoms. The fraction of sp³-hybridized carbons (Fsp3) is 0.278. The summed E-state index contributed by atoms with van der Waals surface area (Å²) in [5, 5.41) is 3.18. The molecule has 1 N–H and O–H groups in total. The Balaban J connectivity index is 1.97. The number of hydrogen-bond donors (Lipinski definition) is 1. The zero-order valence-electron chi connectivity index (χ0n) is 14.6. The zero-order valence-corrected chi connectivity index (χ0v) is 16.2. The summed E-state index contributed by atoms with van der Waals surface area (Å²) in [4.78, 5) is 12.1. The molecular formula is C18H21ClN2O4S. The van der Waals surface area contributed by atoms with E-state index in [9.17, 15) is 13.2 Å². The van der Waals surface area contributed by atoms with Crippen molar-refractivity contribution in [2.75, 3.05) is 29.5 Å². The lowest BCUT2D eigenvalue weighted by atomic mass is 10.2. The highest BCUT2D eigenvalue weighted by Crippen LogP contribution is 2.23. The van der Waals surface area contributed by atoms with Crippen molar-refractivity contribution < 1.29 is 17.9 Å². The minimum absolute atomic E-state index is 0.174. The summed E-state index contributed by atoms with van der Waals surface area (Å²) in [5.74, 6) is 0.419. The Morgan fingerprint density at radius 2 is 1.81 bits per heavy atom. The van der Waals surface area contributed by atoms with Crippen molar-refractivity contribution in [3.8, 4) is 5.75 Å². The minimum atomic E-state index is -3.46. The number of carbonyl (C=O) groups excluding carboxylic acids is 1. The lowest BCUT2D eigenvalue weighted by Gasteiger charge is -2.22. The first-order valence-corrected chi connectivity index (χ1v) is 10.2. The number of amides is 1. The molecule has 6 nitrogen and oxygen atoms in total. The lowest BCUT2D eigenvalue weighted by molar-refractivity contribution is -0.116. The summed E-state index contributed by atoms with van der Waals surface area (Å²) in [5.41, 5.74) is 1.06. The van der Waals surface area contributed by atoms with Crippen LogP contribution in [0.3, 0.4) is 0 Å². The van der Waals surface area contributed by atoms with Gasteiger partial charge in [0.1, 0.15) is 5.75 Å². The molecule has 0 aromatic heterocycles. The van der Waals surface area contributed by atoms with Crippen LogP contribution in [0, 0.1) is 0 Å². The number of sulfonamides is 1. The predicted octanol–water partition coefficient (Wildman–Crippen LogP) is 3.53. The molecule has 2 rings (SSSR count). The van der Waals surface area contributed by atoms with E-state index in [1.165, 1.54) is 4.31 Å². The summed E-state index contributed by atoms with van der Waals surface area (Å²) in [6, 6.07) is 13.7. The van der Waals surface area contributed by atoms with Crippen LogP contribution in [-0.4, -0.2) is 34.2 Å². The Labute approximate surface area is 158 Å². The van der Waals surface area contributed by atoms with Crippen molar-refractivity contribution in [1.29, 1.82) is 0 Å².